The van der Waals surface area contributed by atoms with E-state index in [9.17, 15) is 9.50 Å². The first-order chi connectivity index (χ1) is 10.1. The summed E-state index contributed by atoms with van der Waals surface area (Å²) in [5.41, 5.74) is 1.53. The number of benzene rings is 1. The average Bonchev–Trinajstić information content (AvgIpc) is 2.83. The Labute approximate surface area is 125 Å². The summed E-state index contributed by atoms with van der Waals surface area (Å²) in [4.78, 5) is 0. The van der Waals surface area contributed by atoms with Gasteiger partial charge >= 0.3 is 0 Å². The predicted octanol–water partition coefficient (Wildman–Crippen LogP) is 5.13. The first kappa shape index (κ1) is 14.6. The van der Waals surface area contributed by atoms with Gasteiger partial charge in [-0.3, -0.25) is 0 Å². The van der Waals surface area contributed by atoms with Gasteiger partial charge in [-0.2, -0.15) is 0 Å². The minimum atomic E-state index is -0.574. The van der Waals surface area contributed by atoms with Crippen LogP contribution in [0.1, 0.15) is 56.5 Å². The third-order valence-electron chi connectivity index (χ3n) is 5.05. The number of aliphatic hydroxyl groups excluding tert-OH is 1. The predicted molar refractivity (Wildman–Crippen MR) is 81.6 cm³/mol. The molecule has 3 rings (SSSR count). The van der Waals surface area contributed by atoms with Crippen molar-refractivity contribution in [2.45, 2.75) is 52.1 Å². The minimum absolute atomic E-state index is 0.257. The number of aliphatic hydroxyl groups is 1. The van der Waals surface area contributed by atoms with Crippen LogP contribution in [0.4, 0.5) is 4.39 Å². The van der Waals surface area contributed by atoms with Crippen LogP contribution in [0.5, 0.6) is 0 Å². The van der Waals surface area contributed by atoms with Crippen molar-refractivity contribution < 1.29 is 13.9 Å². The monoisotopic (exact) mass is 290 g/mol. The molecule has 1 aromatic heterocycles. The molecule has 0 aliphatic heterocycles. The number of aryl methyl sites for hydroxylation is 1. The number of fused-ring (bicyclic) bond motifs is 1. The molecule has 1 fully saturated rings. The zero-order chi connectivity index (χ0) is 15.0. The Hall–Kier alpha value is -1.35. The zero-order valence-electron chi connectivity index (χ0n) is 12.7. The second-order valence-corrected chi connectivity index (χ2v) is 6.38. The molecule has 1 aliphatic rings. The second kappa shape index (κ2) is 5.80. The molecule has 114 valence electrons. The van der Waals surface area contributed by atoms with Crippen LogP contribution in [-0.4, -0.2) is 5.11 Å². The molecule has 0 amide bonds. The minimum Gasteiger partial charge on any atom is -0.458 e. The smallest absolute Gasteiger partial charge is 0.136 e. The highest BCUT2D eigenvalue weighted by Gasteiger charge is 2.30. The maximum absolute atomic E-state index is 13.4. The molecule has 3 atom stereocenters. The molecule has 2 nitrogen and oxygen atoms in total. The fourth-order valence-electron chi connectivity index (χ4n) is 3.70. The first-order valence-corrected chi connectivity index (χ1v) is 7.96. The summed E-state index contributed by atoms with van der Waals surface area (Å²) in [5, 5.41) is 11.5. The molecule has 21 heavy (non-hydrogen) atoms. The van der Waals surface area contributed by atoms with Gasteiger partial charge in [0, 0.05) is 10.9 Å². The summed E-state index contributed by atoms with van der Waals surface area (Å²) < 4.78 is 19.2. The highest BCUT2D eigenvalue weighted by molar-refractivity contribution is 5.82. The van der Waals surface area contributed by atoms with Gasteiger partial charge in [0.2, 0.25) is 0 Å². The van der Waals surface area contributed by atoms with E-state index in [1.807, 2.05) is 6.92 Å². The molecule has 1 aliphatic carbocycles. The number of hydrogen-bond donors (Lipinski definition) is 1. The number of rotatable bonds is 3. The molecule has 1 saturated carbocycles. The van der Waals surface area contributed by atoms with Crippen LogP contribution in [0, 0.1) is 24.6 Å². The molecule has 0 saturated heterocycles. The molecule has 3 unspecified atom stereocenters. The molecule has 0 radical (unpaired) electrons. The molecular weight excluding hydrogens is 267 g/mol. The van der Waals surface area contributed by atoms with Gasteiger partial charge in [0.1, 0.15) is 23.3 Å². The van der Waals surface area contributed by atoms with E-state index in [4.69, 9.17) is 4.42 Å². The standard InChI is InChI=1S/C18H23FO2/c1-3-12-5-4-6-13(9-12)17(20)18-11(2)15-10-14(19)7-8-16(15)21-18/h7-8,10,12-13,17,20H,3-6,9H2,1-2H3. The van der Waals surface area contributed by atoms with E-state index >= 15 is 0 Å². The van der Waals surface area contributed by atoms with E-state index in [1.165, 1.54) is 31.4 Å². The summed E-state index contributed by atoms with van der Waals surface area (Å²) >= 11 is 0. The van der Waals surface area contributed by atoms with Gasteiger partial charge in [0.05, 0.1) is 0 Å². The lowest BCUT2D eigenvalue weighted by Crippen LogP contribution is -2.21. The molecular formula is C18H23FO2. The van der Waals surface area contributed by atoms with Crippen LogP contribution in [0.2, 0.25) is 0 Å². The highest BCUT2D eigenvalue weighted by atomic mass is 19.1. The first-order valence-electron chi connectivity index (χ1n) is 7.96. The quantitative estimate of drug-likeness (QED) is 0.850. The molecule has 0 spiro atoms. The topological polar surface area (TPSA) is 33.4 Å². The number of furan rings is 1. The van der Waals surface area contributed by atoms with Crippen LogP contribution in [0.25, 0.3) is 11.0 Å². The van der Waals surface area contributed by atoms with E-state index in [1.54, 1.807) is 6.07 Å². The van der Waals surface area contributed by atoms with Crippen molar-refractivity contribution in [2.75, 3.05) is 0 Å². The molecule has 1 aromatic carbocycles. The van der Waals surface area contributed by atoms with Crippen LogP contribution in [0.3, 0.4) is 0 Å². The lowest BCUT2D eigenvalue weighted by atomic mass is 9.77. The molecule has 1 N–H and O–H groups in total. The Morgan fingerprint density at radius 1 is 1.38 bits per heavy atom. The van der Waals surface area contributed by atoms with E-state index in [0.717, 1.165) is 23.8 Å². The lowest BCUT2D eigenvalue weighted by Gasteiger charge is -2.31. The number of hydrogen-bond acceptors (Lipinski definition) is 2. The van der Waals surface area contributed by atoms with E-state index in [2.05, 4.69) is 6.92 Å². The fraction of sp³-hybridized carbons (Fsp3) is 0.556. The van der Waals surface area contributed by atoms with Gasteiger partial charge in [-0.25, -0.2) is 4.39 Å². The van der Waals surface area contributed by atoms with Crippen LogP contribution in [-0.2, 0) is 0 Å². The zero-order valence-corrected chi connectivity index (χ0v) is 12.7. The third kappa shape index (κ3) is 2.71. The van der Waals surface area contributed by atoms with Crippen molar-refractivity contribution in [1.82, 2.24) is 0 Å². The summed E-state index contributed by atoms with van der Waals surface area (Å²) in [7, 11) is 0. The van der Waals surface area contributed by atoms with Gasteiger partial charge < -0.3 is 9.52 Å². The Balaban J connectivity index is 1.90. The van der Waals surface area contributed by atoms with Crippen molar-refractivity contribution in [3.05, 3.63) is 35.3 Å². The van der Waals surface area contributed by atoms with Gasteiger partial charge in [-0.05, 0) is 49.8 Å². The van der Waals surface area contributed by atoms with Gasteiger partial charge in [-0.15, -0.1) is 0 Å². The van der Waals surface area contributed by atoms with Gasteiger partial charge in [0.15, 0.2) is 0 Å². The summed E-state index contributed by atoms with van der Waals surface area (Å²) in [6.07, 6.45) is 5.14. The largest absolute Gasteiger partial charge is 0.458 e. The summed E-state index contributed by atoms with van der Waals surface area (Å²) in [6.45, 7) is 4.12. The highest BCUT2D eigenvalue weighted by Crippen LogP contribution is 2.41. The van der Waals surface area contributed by atoms with E-state index < -0.39 is 6.10 Å². The number of halogens is 1. The van der Waals surface area contributed by atoms with Crippen LogP contribution in [0.15, 0.2) is 22.6 Å². The van der Waals surface area contributed by atoms with Crippen molar-refractivity contribution >= 4 is 11.0 Å². The fourth-order valence-corrected chi connectivity index (χ4v) is 3.70. The summed E-state index contributed by atoms with van der Waals surface area (Å²) in [5.74, 6) is 1.32. The van der Waals surface area contributed by atoms with Crippen LogP contribution < -0.4 is 0 Å². The van der Waals surface area contributed by atoms with Crippen molar-refractivity contribution in [3.63, 3.8) is 0 Å². The third-order valence-corrected chi connectivity index (χ3v) is 5.05. The second-order valence-electron chi connectivity index (χ2n) is 6.38. The lowest BCUT2D eigenvalue weighted by molar-refractivity contribution is 0.0514. The SMILES string of the molecule is CCC1CCCC(C(O)c2oc3ccc(F)cc3c2C)C1. The normalized spacial score (nSPS) is 24.4. The Morgan fingerprint density at radius 3 is 2.95 bits per heavy atom. The summed E-state index contributed by atoms with van der Waals surface area (Å²) in [6, 6.07) is 4.53. The van der Waals surface area contributed by atoms with Crippen molar-refractivity contribution in [1.29, 1.82) is 0 Å². The van der Waals surface area contributed by atoms with Crippen molar-refractivity contribution in [2.24, 2.45) is 11.8 Å². The molecule has 1 heterocycles. The maximum Gasteiger partial charge on any atom is 0.136 e. The Kier molecular flexibility index (Phi) is 4.03. The van der Waals surface area contributed by atoms with Gasteiger partial charge in [-0.1, -0.05) is 26.2 Å². The van der Waals surface area contributed by atoms with Crippen molar-refractivity contribution in [3.8, 4) is 0 Å². The molecule has 3 heteroatoms. The van der Waals surface area contributed by atoms with E-state index in [0.29, 0.717) is 17.3 Å². The maximum atomic E-state index is 13.4. The van der Waals surface area contributed by atoms with Gasteiger partial charge in [0.25, 0.3) is 0 Å². The molecule has 2 aromatic rings. The average molecular weight is 290 g/mol. The molecule has 0 bridgehead atoms. The van der Waals surface area contributed by atoms with E-state index in [-0.39, 0.29) is 11.7 Å². The van der Waals surface area contributed by atoms with Crippen LogP contribution >= 0.6 is 0 Å². The Morgan fingerprint density at radius 2 is 2.19 bits per heavy atom. The Bertz CT molecular complexity index is 631.